The standard InChI is InChI=1S/C22H20BrN.C22H20ClN.C22H20IN.C18H14BrN.C18H14ClN.C18H14IN/c3*1-14-4-7-16(8-5-14)24-17-9-11-19-18-10-6-15(23)12-20(18)22(2,3)21(19)13-17;3*19-16-10-6-14(7-11-16)15-8-12-18(13-9-15)20-17-4-2-1-3-5-17/h3*4-13,24H,1-3H3;3*1-13,20H. The van der Waals surface area contributed by atoms with Crippen LogP contribution in [0.2, 0.25) is 10.0 Å². The van der Waals surface area contributed by atoms with Crippen molar-refractivity contribution in [2.75, 3.05) is 31.9 Å². The van der Waals surface area contributed by atoms with E-state index in [1.54, 1.807) is 0 Å². The number of halogens is 6. The number of benzene rings is 18. The van der Waals surface area contributed by atoms with Crippen molar-refractivity contribution < 1.29 is 0 Å². The average molecular weight is 2110 g/mol. The molecule has 0 amide bonds. The Bertz CT molecular complexity index is 6310. The fourth-order valence-corrected chi connectivity index (χ4v) is 18.8. The zero-order valence-corrected chi connectivity index (χ0v) is 84.1. The van der Waals surface area contributed by atoms with Crippen LogP contribution in [0.3, 0.4) is 0 Å². The second-order valence-electron chi connectivity index (χ2n) is 34.9. The highest BCUT2D eigenvalue weighted by molar-refractivity contribution is 14.1. The summed E-state index contributed by atoms with van der Waals surface area (Å²) in [5.74, 6) is 0. The number of fused-ring (bicyclic) bond motifs is 9. The first kappa shape index (κ1) is 93.0. The Morgan fingerprint density at radius 2 is 0.409 bits per heavy atom. The summed E-state index contributed by atoms with van der Waals surface area (Å²) < 4.78 is 4.79. The van der Waals surface area contributed by atoms with Gasteiger partial charge in [0.25, 0.3) is 0 Å². The van der Waals surface area contributed by atoms with E-state index in [1.165, 1.54) is 124 Å². The normalized spacial score (nSPS) is 12.4. The second kappa shape index (κ2) is 42.1. The number of aryl methyl sites for hydroxylation is 3. The molecule has 21 rings (SSSR count). The Labute approximate surface area is 832 Å². The Hall–Kier alpha value is -12.2. The van der Waals surface area contributed by atoms with Gasteiger partial charge in [0.05, 0.1) is 0 Å². The van der Waals surface area contributed by atoms with E-state index >= 15 is 0 Å². The minimum absolute atomic E-state index is 0.0133. The van der Waals surface area contributed by atoms with E-state index in [0.29, 0.717) is 0 Å². The highest BCUT2D eigenvalue weighted by Gasteiger charge is 2.38. The van der Waals surface area contributed by atoms with Crippen molar-refractivity contribution in [1.82, 2.24) is 0 Å². The maximum atomic E-state index is 6.23. The largest absolute Gasteiger partial charge is 0.356 e. The number of hydrogen-bond acceptors (Lipinski definition) is 6. The third-order valence-corrected chi connectivity index (χ3v) is 27.2. The van der Waals surface area contributed by atoms with Gasteiger partial charge in [-0.3, -0.25) is 0 Å². The van der Waals surface area contributed by atoms with E-state index in [0.717, 1.165) is 87.2 Å². The van der Waals surface area contributed by atoms with E-state index in [4.69, 9.17) is 23.2 Å². The van der Waals surface area contributed by atoms with Crippen LogP contribution in [0, 0.1) is 27.9 Å². The predicted molar refractivity (Wildman–Crippen MR) is 591 cm³/mol. The Morgan fingerprint density at radius 1 is 0.197 bits per heavy atom. The van der Waals surface area contributed by atoms with E-state index in [9.17, 15) is 0 Å². The summed E-state index contributed by atoms with van der Waals surface area (Å²) >= 11 is 23.9. The van der Waals surface area contributed by atoms with Crippen LogP contribution in [0.25, 0.3) is 66.8 Å². The molecule has 0 bridgehead atoms. The van der Waals surface area contributed by atoms with Crippen molar-refractivity contribution in [3.8, 4) is 66.8 Å². The lowest BCUT2D eigenvalue weighted by molar-refractivity contribution is 0.660. The number of para-hydroxylation sites is 3. The predicted octanol–water partition coefficient (Wildman–Crippen LogP) is 37.5. The van der Waals surface area contributed by atoms with Crippen molar-refractivity contribution in [2.24, 2.45) is 0 Å². The lowest BCUT2D eigenvalue weighted by Crippen LogP contribution is -2.15. The van der Waals surface area contributed by atoms with Crippen LogP contribution in [0.4, 0.5) is 68.2 Å². The van der Waals surface area contributed by atoms with E-state index in [-0.39, 0.29) is 16.2 Å². The molecule has 3 aliphatic rings. The lowest BCUT2D eigenvalue weighted by atomic mass is 9.82. The topological polar surface area (TPSA) is 72.2 Å². The van der Waals surface area contributed by atoms with Gasteiger partial charge in [0.15, 0.2) is 0 Å². The van der Waals surface area contributed by atoms with Gasteiger partial charge >= 0.3 is 0 Å². The first-order valence-electron chi connectivity index (χ1n) is 44.2. The summed E-state index contributed by atoms with van der Waals surface area (Å²) in [5, 5.41) is 22.3. The molecule has 3 aliphatic carbocycles. The Kier molecular flexibility index (Phi) is 29.7. The smallest absolute Gasteiger partial charge is 0.0409 e. The summed E-state index contributed by atoms with van der Waals surface area (Å²) in [6.45, 7) is 20.1. The van der Waals surface area contributed by atoms with Crippen molar-refractivity contribution in [2.45, 2.75) is 78.6 Å². The first-order valence-corrected chi connectivity index (χ1v) is 48.7. The molecule has 0 unspecified atom stereocenters. The summed E-state index contributed by atoms with van der Waals surface area (Å²) in [5.41, 5.74) is 40.7. The summed E-state index contributed by atoms with van der Waals surface area (Å²) in [4.78, 5) is 0. The van der Waals surface area contributed by atoms with Crippen LogP contribution in [0.15, 0.2) is 428 Å². The molecule has 0 radical (unpaired) electrons. The van der Waals surface area contributed by atoms with Gasteiger partial charge in [0.2, 0.25) is 0 Å². The number of anilines is 12. The van der Waals surface area contributed by atoms with Crippen LogP contribution in [-0.4, -0.2) is 0 Å². The van der Waals surface area contributed by atoms with E-state index in [2.05, 4.69) is 493 Å². The van der Waals surface area contributed by atoms with Crippen molar-refractivity contribution >= 4 is 168 Å². The molecule has 18 aromatic carbocycles. The molecule has 0 aliphatic heterocycles. The molecule has 0 saturated heterocycles. The van der Waals surface area contributed by atoms with E-state index < -0.39 is 0 Å². The fraction of sp³-hybridized carbons (Fsp3) is 0.100. The second-order valence-corrected chi connectivity index (χ2v) is 40.1. The van der Waals surface area contributed by atoms with Gasteiger partial charge in [0, 0.05) is 111 Å². The molecule has 654 valence electrons. The SMILES string of the molecule is Brc1ccc(-c2ccc(Nc3ccccc3)cc2)cc1.Cc1ccc(Nc2ccc3c(c2)C(C)(C)c2cc(Br)ccc2-3)cc1.Cc1ccc(Nc2ccc3c(c2)C(C)(C)c2cc(Cl)ccc2-3)cc1.Cc1ccc(Nc2ccc3c(c2)C(C)(C)c2cc(I)ccc2-3)cc1.Clc1ccc(-c2ccc(Nc3ccccc3)cc2)cc1.Ic1ccc(-c2ccc(Nc3ccccc3)cc2)cc1. The van der Waals surface area contributed by atoms with Crippen LogP contribution in [0.5, 0.6) is 0 Å². The third-order valence-electron chi connectivity index (χ3n) is 24.3. The first-order chi connectivity index (χ1) is 63.8. The molecule has 0 heterocycles. The van der Waals surface area contributed by atoms with Gasteiger partial charge in [-0.25, -0.2) is 0 Å². The molecule has 0 saturated carbocycles. The molecule has 6 nitrogen and oxygen atoms in total. The monoisotopic (exact) mass is 2110 g/mol. The van der Waals surface area contributed by atoms with Crippen LogP contribution >= 0.6 is 100 Å². The van der Waals surface area contributed by atoms with Crippen molar-refractivity contribution in [3.63, 3.8) is 0 Å². The van der Waals surface area contributed by atoms with Crippen molar-refractivity contribution in [1.29, 1.82) is 0 Å². The maximum Gasteiger partial charge on any atom is 0.0409 e. The van der Waals surface area contributed by atoms with Gasteiger partial charge in [-0.05, 0) is 384 Å². The molecular weight excluding hydrogens is 2010 g/mol. The minimum atomic E-state index is -0.0411. The van der Waals surface area contributed by atoms with Gasteiger partial charge in [-0.15, -0.1) is 0 Å². The molecule has 0 aromatic heterocycles. The third kappa shape index (κ3) is 23.1. The summed E-state index contributed by atoms with van der Waals surface area (Å²) in [6, 6.07) is 146. The van der Waals surface area contributed by atoms with E-state index in [1.807, 2.05) is 97.1 Å². The molecule has 18 aromatic rings. The van der Waals surface area contributed by atoms with Crippen LogP contribution in [-0.2, 0) is 16.2 Å². The lowest BCUT2D eigenvalue weighted by Gasteiger charge is -2.22. The Morgan fingerprint density at radius 3 is 0.742 bits per heavy atom. The molecule has 6 N–H and O–H groups in total. The van der Waals surface area contributed by atoms with Crippen LogP contribution < -0.4 is 31.9 Å². The maximum absolute atomic E-state index is 6.23. The molecule has 0 fully saturated rings. The zero-order chi connectivity index (χ0) is 92.0. The number of rotatable bonds is 15. The quantitative estimate of drug-likeness (QED) is 0.0575. The average Bonchev–Trinajstić information content (AvgIpc) is 1.59. The van der Waals surface area contributed by atoms with Gasteiger partial charge in [-0.1, -0.05) is 313 Å². The summed E-state index contributed by atoms with van der Waals surface area (Å²) in [6.07, 6.45) is 0. The molecular formula is C120H102Br2Cl2I2N6. The van der Waals surface area contributed by atoms with Gasteiger partial charge < -0.3 is 31.9 Å². The fourth-order valence-electron chi connectivity index (χ4n) is 17.0. The highest BCUT2D eigenvalue weighted by Crippen LogP contribution is 2.54. The zero-order valence-electron chi connectivity index (χ0n) is 75.1. The van der Waals surface area contributed by atoms with Gasteiger partial charge in [-0.2, -0.15) is 0 Å². The highest BCUT2D eigenvalue weighted by atomic mass is 127. The molecule has 0 spiro atoms. The number of hydrogen-bond donors (Lipinski definition) is 6. The van der Waals surface area contributed by atoms with Gasteiger partial charge in [0.1, 0.15) is 0 Å². The van der Waals surface area contributed by atoms with Crippen molar-refractivity contribution in [3.05, 3.63) is 495 Å². The molecule has 0 atom stereocenters. The minimum Gasteiger partial charge on any atom is -0.356 e. The summed E-state index contributed by atoms with van der Waals surface area (Å²) in [7, 11) is 0. The van der Waals surface area contributed by atoms with Crippen LogP contribution in [0.1, 0.15) is 91.6 Å². The number of nitrogens with one attached hydrogen (secondary N) is 6. The molecule has 132 heavy (non-hydrogen) atoms. The Balaban J connectivity index is 0.000000116. The molecule has 12 heteroatoms.